The summed E-state index contributed by atoms with van der Waals surface area (Å²) in [6.45, 7) is 5.78. The van der Waals surface area contributed by atoms with Gasteiger partial charge in [0.2, 0.25) is 0 Å². The third kappa shape index (κ3) is 4.20. The van der Waals surface area contributed by atoms with Gasteiger partial charge in [-0.2, -0.15) is 0 Å². The summed E-state index contributed by atoms with van der Waals surface area (Å²) in [4.78, 5) is 17.8. The van der Waals surface area contributed by atoms with Crippen LogP contribution in [0.25, 0.3) is 0 Å². The standard InChI is InChI=1S/C13H20N4O3/c1-4-17(8-13(2,3)19)12(18)10-6-5-9(7-15-10)11(14)16-20/h5-7,19-20H,4,8H2,1-3H3,(H2,14,16). The molecule has 0 aliphatic carbocycles. The van der Waals surface area contributed by atoms with Gasteiger partial charge >= 0.3 is 0 Å². The summed E-state index contributed by atoms with van der Waals surface area (Å²) in [6.07, 6.45) is 1.36. The second-order valence-corrected chi connectivity index (χ2v) is 5.05. The lowest BCUT2D eigenvalue weighted by atomic mass is 10.1. The highest BCUT2D eigenvalue weighted by Gasteiger charge is 2.23. The summed E-state index contributed by atoms with van der Waals surface area (Å²) in [5.74, 6) is -0.346. The lowest BCUT2D eigenvalue weighted by Gasteiger charge is -2.27. The van der Waals surface area contributed by atoms with E-state index in [9.17, 15) is 9.90 Å². The second-order valence-electron chi connectivity index (χ2n) is 5.05. The fraction of sp³-hybridized carbons (Fsp3) is 0.462. The van der Waals surface area contributed by atoms with Gasteiger partial charge in [0.15, 0.2) is 5.84 Å². The summed E-state index contributed by atoms with van der Waals surface area (Å²) in [6, 6.07) is 3.05. The SMILES string of the molecule is CCN(CC(C)(C)O)C(=O)c1ccc(C(N)=NO)cn1. The first kappa shape index (κ1) is 15.9. The van der Waals surface area contributed by atoms with Gasteiger partial charge in [-0.25, -0.2) is 0 Å². The molecule has 0 saturated heterocycles. The Kier molecular flexibility index (Phi) is 5.04. The maximum absolute atomic E-state index is 12.2. The van der Waals surface area contributed by atoms with Crippen molar-refractivity contribution >= 4 is 11.7 Å². The Balaban J connectivity index is 2.91. The zero-order valence-corrected chi connectivity index (χ0v) is 11.9. The fourth-order valence-electron chi connectivity index (χ4n) is 1.69. The maximum atomic E-state index is 12.2. The Morgan fingerprint density at radius 2 is 2.15 bits per heavy atom. The number of oxime groups is 1. The Morgan fingerprint density at radius 3 is 2.55 bits per heavy atom. The summed E-state index contributed by atoms with van der Waals surface area (Å²) >= 11 is 0. The molecule has 110 valence electrons. The van der Waals surface area contributed by atoms with Crippen LogP contribution in [0.1, 0.15) is 36.8 Å². The number of carbonyl (C=O) groups is 1. The van der Waals surface area contributed by atoms with E-state index < -0.39 is 5.60 Å². The van der Waals surface area contributed by atoms with Gasteiger partial charge in [-0.3, -0.25) is 9.78 Å². The number of hydrogen-bond acceptors (Lipinski definition) is 5. The van der Waals surface area contributed by atoms with Crippen molar-refractivity contribution < 1.29 is 15.1 Å². The molecule has 1 aromatic heterocycles. The molecule has 0 unspecified atom stereocenters. The molecule has 0 saturated carbocycles. The fourth-order valence-corrected chi connectivity index (χ4v) is 1.69. The summed E-state index contributed by atoms with van der Waals surface area (Å²) < 4.78 is 0. The van der Waals surface area contributed by atoms with Gasteiger partial charge in [0.25, 0.3) is 5.91 Å². The molecule has 7 heteroatoms. The topological polar surface area (TPSA) is 112 Å². The number of amides is 1. The quantitative estimate of drug-likeness (QED) is 0.313. The predicted molar refractivity (Wildman–Crippen MR) is 74.6 cm³/mol. The molecule has 1 rings (SSSR count). The highest BCUT2D eigenvalue weighted by Crippen LogP contribution is 2.09. The third-order valence-electron chi connectivity index (χ3n) is 2.63. The van der Waals surface area contributed by atoms with Gasteiger partial charge in [-0.1, -0.05) is 5.16 Å². The van der Waals surface area contributed by atoms with E-state index in [1.54, 1.807) is 19.9 Å². The number of nitrogens with two attached hydrogens (primary N) is 1. The molecule has 4 N–H and O–H groups in total. The van der Waals surface area contributed by atoms with Crippen molar-refractivity contribution in [2.24, 2.45) is 10.9 Å². The molecular weight excluding hydrogens is 260 g/mol. The van der Waals surface area contributed by atoms with Crippen LogP contribution in [-0.4, -0.2) is 50.6 Å². The van der Waals surface area contributed by atoms with Gasteiger partial charge in [0.05, 0.1) is 5.60 Å². The predicted octanol–water partition coefficient (Wildman–Crippen LogP) is 0.409. The lowest BCUT2D eigenvalue weighted by molar-refractivity contribution is 0.0311. The minimum atomic E-state index is -0.973. The number of hydrogen-bond donors (Lipinski definition) is 3. The van der Waals surface area contributed by atoms with Gasteiger partial charge < -0.3 is 20.9 Å². The van der Waals surface area contributed by atoms with E-state index in [1.807, 2.05) is 6.92 Å². The van der Waals surface area contributed by atoms with E-state index >= 15 is 0 Å². The number of carbonyl (C=O) groups excluding carboxylic acids is 1. The van der Waals surface area contributed by atoms with Crippen LogP contribution in [0.5, 0.6) is 0 Å². The zero-order chi connectivity index (χ0) is 15.3. The van der Waals surface area contributed by atoms with Gasteiger partial charge in [-0.15, -0.1) is 0 Å². The van der Waals surface area contributed by atoms with Crippen LogP contribution in [0.15, 0.2) is 23.5 Å². The van der Waals surface area contributed by atoms with Gasteiger partial charge in [-0.05, 0) is 32.9 Å². The number of pyridine rings is 1. The molecule has 0 bridgehead atoms. The van der Waals surface area contributed by atoms with Crippen molar-refractivity contribution in [1.29, 1.82) is 0 Å². The normalized spacial score (nSPS) is 12.3. The van der Waals surface area contributed by atoms with Crippen LogP contribution in [0.4, 0.5) is 0 Å². The first-order valence-electron chi connectivity index (χ1n) is 6.24. The van der Waals surface area contributed by atoms with Crippen molar-refractivity contribution in [3.63, 3.8) is 0 Å². The van der Waals surface area contributed by atoms with Crippen LogP contribution in [-0.2, 0) is 0 Å². The molecule has 0 spiro atoms. The van der Waals surface area contributed by atoms with Gasteiger partial charge in [0.1, 0.15) is 5.69 Å². The van der Waals surface area contributed by atoms with E-state index in [0.29, 0.717) is 12.1 Å². The highest BCUT2D eigenvalue weighted by molar-refractivity contribution is 5.98. The average Bonchev–Trinajstić information content (AvgIpc) is 2.42. The van der Waals surface area contributed by atoms with E-state index in [1.165, 1.54) is 17.2 Å². The van der Waals surface area contributed by atoms with Crippen molar-refractivity contribution in [1.82, 2.24) is 9.88 Å². The van der Waals surface area contributed by atoms with E-state index in [4.69, 9.17) is 10.9 Å². The highest BCUT2D eigenvalue weighted by atomic mass is 16.4. The molecule has 0 aliphatic heterocycles. The molecule has 0 aliphatic rings. The Morgan fingerprint density at radius 1 is 1.50 bits per heavy atom. The molecule has 0 fully saturated rings. The van der Waals surface area contributed by atoms with Crippen LogP contribution >= 0.6 is 0 Å². The number of aliphatic hydroxyl groups is 1. The van der Waals surface area contributed by atoms with Crippen LogP contribution in [0.3, 0.4) is 0 Å². The van der Waals surface area contributed by atoms with Crippen molar-refractivity contribution in [3.05, 3.63) is 29.6 Å². The van der Waals surface area contributed by atoms with Gasteiger partial charge in [0, 0.05) is 24.8 Å². The molecule has 0 radical (unpaired) electrons. The van der Waals surface area contributed by atoms with Crippen LogP contribution in [0, 0.1) is 0 Å². The average molecular weight is 280 g/mol. The molecule has 1 heterocycles. The molecule has 0 aromatic carbocycles. The number of aromatic nitrogens is 1. The van der Waals surface area contributed by atoms with Crippen LogP contribution < -0.4 is 5.73 Å². The number of amidine groups is 1. The van der Waals surface area contributed by atoms with Crippen molar-refractivity contribution in [3.8, 4) is 0 Å². The second kappa shape index (κ2) is 6.33. The van der Waals surface area contributed by atoms with Crippen molar-refractivity contribution in [2.75, 3.05) is 13.1 Å². The third-order valence-corrected chi connectivity index (χ3v) is 2.63. The largest absolute Gasteiger partial charge is 0.409 e. The first-order valence-corrected chi connectivity index (χ1v) is 6.24. The Bertz CT molecular complexity index is 491. The first-order chi connectivity index (χ1) is 9.28. The minimum absolute atomic E-state index is 0.0691. The zero-order valence-electron chi connectivity index (χ0n) is 11.9. The molecule has 1 aromatic rings. The Hall–Kier alpha value is -2.15. The number of likely N-dealkylation sites (N-methyl/N-ethyl adjacent to an activating group) is 1. The van der Waals surface area contributed by atoms with E-state index in [-0.39, 0.29) is 24.0 Å². The Labute approximate surface area is 117 Å². The smallest absolute Gasteiger partial charge is 0.272 e. The maximum Gasteiger partial charge on any atom is 0.272 e. The molecule has 7 nitrogen and oxygen atoms in total. The van der Waals surface area contributed by atoms with Crippen molar-refractivity contribution in [2.45, 2.75) is 26.4 Å². The molecule has 1 amide bonds. The molecular formula is C13H20N4O3. The summed E-state index contributed by atoms with van der Waals surface area (Å²) in [5.41, 5.74) is 5.12. The monoisotopic (exact) mass is 280 g/mol. The van der Waals surface area contributed by atoms with E-state index in [2.05, 4.69) is 10.1 Å². The molecule has 0 atom stereocenters. The van der Waals surface area contributed by atoms with E-state index in [0.717, 1.165) is 0 Å². The molecule has 20 heavy (non-hydrogen) atoms. The number of rotatable bonds is 5. The summed E-state index contributed by atoms with van der Waals surface area (Å²) in [7, 11) is 0. The number of nitrogens with zero attached hydrogens (tertiary/aromatic N) is 3. The van der Waals surface area contributed by atoms with Crippen LogP contribution in [0.2, 0.25) is 0 Å². The minimum Gasteiger partial charge on any atom is -0.409 e. The summed E-state index contributed by atoms with van der Waals surface area (Å²) in [5, 5.41) is 21.2. The lowest BCUT2D eigenvalue weighted by Crippen LogP contribution is -2.42.